The van der Waals surface area contributed by atoms with Gasteiger partial charge in [-0.25, -0.2) is 8.42 Å². The van der Waals surface area contributed by atoms with Gasteiger partial charge in [0.25, 0.3) is 5.91 Å². The Morgan fingerprint density at radius 2 is 1.82 bits per heavy atom. The first kappa shape index (κ1) is 20.0. The van der Waals surface area contributed by atoms with Crippen molar-refractivity contribution in [1.82, 2.24) is 4.31 Å². The summed E-state index contributed by atoms with van der Waals surface area (Å²) in [7, 11) is -3.54. The van der Waals surface area contributed by atoms with E-state index in [1.54, 1.807) is 18.2 Å². The Kier molecular flexibility index (Phi) is 6.78. The molecule has 0 unspecified atom stereocenters. The number of amides is 1. The Bertz CT molecular complexity index is 923. The summed E-state index contributed by atoms with van der Waals surface area (Å²) in [6, 6.07) is 15.6. The second kappa shape index (κ2) is 9.48. The number of piperidine rings is 1. The smallest absolute Gasteiger partial charge is 0.265 e. The van der Waals surface area contributed by atoms with Crippen LogP contribution in [-0.2, 0) is 19.7 Å². The number of nitrogens with zero attached hydrogens (tertiary/aromatic N) is 2. The number of nitrogens with one attached hydrogen (secondary N) is 1. The van der Waals surface area contributed by atoms with E-state index in [1.165, 1.54) is 16.6 Å². The minimum atomic E-state index is -3.54. The van der Waals surface area contributed by atoms with Gasteiger partial charge in [-0.2, -0.15) is 4.31 Å². The lowest BCUT2D eigenvalue weighted by atomic mass is 10.2. The van der Waals surface area contributed by atoms with E-state index in [-0.39, 0.29) is 11.5 Å². The summed E-state index contributed by atoms with van der Waals surface area (Å²) >= 11 is 0. The van der Waals surface area contributed by atoms with Crippen molar-refractivity contribution in [2.24, 2.45) is 5.16 Å². The molecule has 2 aromatic rings. The molecule has 0 spiro atoms. The Morgan fingerprint density at radius 1 is 1.07 bits per heavy atom. The molecule has 2 aromatic carbocycles. The molecule has 1 saturated heterocycles. The van der Waals surface area contributed by atoms with Crippen LogP contribution in [0, 0.1) is 0 Å². The maximum absolute atomic E-state index is 12.7. The van der Waals surface area contributed by atoms with Crippen molar-refractivity contribution in [1.29, 1.82) is 0 Å². The largest absolute Gasteiger partial charge is 0.386 e. The quantitative estimate of drug-likeness (QED) is 0.571. The van der Waals surface area contributed by atoms with Crippen molar-refractivity contribution < 1.29 is 18.0 Å². The maximum atomic E-state index is 12.7. The molecule has 1 aliphatic heterocycles. The highest BCUT2D eigenvalue weighted by atomic mass is 32.2. The topological polar surface area (TPSA) is 88.1 Å². The molecule has 0 saturated carbocycles. The third-order valence-corrected chi connectivity index (χ3v) is 6.24. The molecule has 1 fully saturated rings. The molecular formula is C20H23N3O4S. The first-order valence-corrected chi connectivity index (χ1v) is 10.6. The Balaban J connectivity index is 1.56. The maximum Gasteiger partial charge on any atom is 0.265 e. The molecule has 8 heteroatoms. The standard InChI is InChI=1S/C20H23N3O4S/c24-20(16-27-21-15-17-8-3-1-4-9-17)22-18-10-7-11-19(14-18)28(25,26)23-12-5-2-6-13-23/h1,3-4,7-11,14-15H,2,5-6,12-13,16H2,(H,22,24)/b21-15+. The van der Waals surface area contributed by atoms with Crippen LogP contribution in [0.1, 0.15) is 24.8 Å². The number of hydrogen-bond acceptors (Lipinski definition) is 5. The van der Waals surface area contributed by atoms with Gasteiger partial charge in [0, 0.05) is 18.8 Å². The Morgan fingerprint density at radius 3 is 2.57 bits per heavy atom. The van der Waals surface area contributed by atoms with Gasteiger partial charge in [-0.1, -0.05) is 48.0 Å². The third-order valence-electron chi connectivity index (χ3n) is 4.34. The van der Waals surface area contributed by atoms with Crippen LogP contribution in [0.5, 0.6) is 0 Å². The van der Waals surface area contributed by atoms with Crippen molar-refractivity contribution >= 4 is 27.8 Å². The van der Waals surface area contributed by atoms with Crippen molar-refractivity contribution in [2.45, 2.75) is 24.2 Å². The second-order valence-corrected chi connectivity index (χ2v) is 8.40. The van der Waals surface area contributed by atoms with Crippen molar-refractivity contribution in [3.63, 3.8) is 0 Å². The predicted octanol–water partition coefficient (Wildman–Crippen LogP) is 2.85. The zero-order valence-corrected chi connectivity index (χ0v) is 16.3. The second-order valence-electron chi connectivity index (χ2n) is 6.46. The molecule has 148 valence electrons. The normalized spacial score (nSPS) is 15.4. The Labute approximate surface area is 165 Å². The molecule has 3 rings (SSSR count). The zero-order valence-electron chi connectivity index (χ0n) is 15.5. The summed E-state index contributed by atoms with van der Waals surface area (Å²) in [5.41, 5.74) is 1.26. The fourth-order valence-corrected chi connectivity index (χ4v) is 4.48. The van der Waals surface area contributed by atoms with E-state index in [0.717, 1.165) is 24.8 Å². The monoisotopic (exact) mass is 401 g/mol. The molecule has 7 nitrogen and oxygen atoms in total. The SMILES string of the molecule is O=C(CO/N=C/c1ccccc1)Nc1cccc(S(=O)(=O)N2CCCCC2)c1. The molecule has 1 N–H and O–H groups in total. The van der Waals surface area contributed by atoms with E-state index in [1.807, 2.05) is 30.3 Å². The summed E-state index contributed by atoms with van der Waals surface area (Å²) < 4.78 is 27.0. The lowest BCUT2D eigenvalue weighted by Crippen LogP contribution is -2.35. The van der Waals surface area contributed by atoms with E-state index in [0.29, 0.717) is 18.8 Å². The van der Waals surface area contributed by atoms with E-state index < -0.39 is 15.9 Å². The van der Waals surface area contributed by atoms with E-state index in [4.69, 9.17) is 4.84 Å². The summed E-state index contributed by atoms with van der Waals surface area (Å²) in [5.74, 6) is -0.419. The third kappa shape index (κ3) is 5.40. The number of benzene rings is 2. The highest BCUT2D eigenvalue weighted by Crippen LogP contribution is 2.22. The average molecular weight is 401 g/mol. The lowest BCUT2D eigenvalue weighted by Gasteiger charge is -2.26. The van der Waals surface area contributed by atoms with Crippen LogP contribution < -0.4 is 5.32 Å². The van der Waals surface area contributed by atoms with Gasteiger partial charge in [-0.15, -0.1) is 0 Å². The van der Waals surface area contributed by atoms with Gasteiger partial charge in [0.15, 0.2) is 6.61 Å². The van der Waals surface area contributed by atoms with Crippen molar-refractivity contribution in [3.05, 3.63) is 60.2 Å². The number of anilines is 1. The van der Waals surface area contributed by atoms with Gasteiger partial charge >= 0.3 is 0 Å². The van der Waals surface area contributed by atoms with Crippen LogP contribution in [0.15, 0.2) is 64.6 Å². The van der Waals surface area contributed by atoms with Gasteiger partial charge in [0.2, 0.25) is 10.0 Å². The summed E-state index contributed by atoms with van der Waals surface area (Å²) in [4.78, 5) is 17.2. The van der Waals surface area contributed by atoms with Crippen molar-refractivity contribution in [2.75, 3.05) is 25.0 Å². The van der Waals surface area contributed by atoms with Crippen molar-refractivity contribution in [3.8, 4) is 0 Å². The molecule has 28 heavy (non-hydrogen) atoms. The molecule has 1 aliphatic rings. The minimum absolute atomic E-state index is 0.176. The predicted molar refractivity (Wildman–Crippen MR) is 108 cm³/mol. The van der Waals surface area contributed by atoms with Gasteiger partial charge in [0.05, 0.1) is 11.1 Å². The number of oxime groups is 1. The van der Waals surface area contributed by atoms with Crippen LogP contribution in [0.3, 0.4) is 0 Å². The summed E-state index contributed by atoms with van der Waals surface area (Å²) in [5, 5.41) is 6.39. The molecular weight excluding hydrogens is 378 g/mol. The van der Waals surface area contributed by atoms with Crippen LogP contribution in [0.2, 0.25) is 0 Å². The molecule has 0 aromatic heterocycles. The number of carbonyl (C=O) groups is 1. The molecule has 0 aliphatic carbocycles. The van der Waals surface area contributed by atoms with Crippen LogP contribution >= 0.6 is 0 Å². The fourth-order valence-electron chi connectivity index (χ4n) is 2.92. The van der Waals surface area contributed by atoms with Gasteiger partial charge in [0.1, 0.15) is 0 Å². The van der Waals surface area contributed by atoms with Gasteiger partial charge in [-0.3, -0.25) is 4.79 Å². The molecule has 0 bridgehead atoms. The van der Waals surface area contributed by atoms with E-state index in [9.17, 15) is 13.2 Å². The molecule has 0 radical (unpaired) electrons. The number of hydrogen-bond donors (Lipinski definition) is 1. The van der Waals surface area contributed by atoms with Crippen LogP contribution in [0.4, 0.5) is 5.69 Å². The van der Waals surface area contributed by atoms with Gasteiger partial charge in [-0.05, 0) is 36.6 Å². The molecule has 1 heterocycles. The minimum Gasteiger partial charge on any atom is -0.386 e. The van der Waals surface area contributed by atoms with E-state index >= 15 is 0 Å². The first-order chi connectivity index (χ1) is 13.6. The summed E-state index contributed by atoms with van der Waals surface area (Å²) in [6.07, 6.45) is 4.31. The number of rotatable bonds is 7. The molecule has 1 amide bonds. The van der Waals surface area contributed by atoms with E-state index in [2.05, 4.69) is 10.5 Å². The Hall–Kier alpha value is -2.71. The van der Waals surface area contributed by atoms with Gasteiger partial charge < -0.3 is 10.2 Å². The highest BCUT2D eigenvalue weighted by Gasteiger charge is 2.26. The first-order valence-electron chi connectivity index (χ1n) is 9.16. The average Bonchev–Trinajstić information content (AvgIpc) is 2.73. The van der Waals surface area contributed by atoms with Crippen LogP contribution in [0.25, 0.3) is 0 Å². The zero-order chi connectivity index (χ0) is 19.8. The molecule has 0 atom stereocenters. The summed E-state index contributed by atoms with van der Waals surface area (Å²) in [6.45, 7) is 0.796. The lowest BCUT2D eigenvalue weighted by molar-refractivity contribution is -0.120. The number of sulfonamides is 1. The fraction of sp³-hybridized carbons (Fsp3) is 0.300. The number of carbonyl (C=O) groups excluding carboxylic acids is 1. The highest BCUT2D eigenvalue weighted by molar-refractivity contribution is 7.89. The van der Waals surface area contributed by atoms with Crippen LogP contribution in [-0.4, -0.2) is 44.5 Å².